The number of carbonyl (C=O) groups excluding carboxylic acids is 1. The van der Waals surface area contributed by atoms with E-state index >= 15 is 0 Å². The van der Waals surface area contributed by atoms with E-state index in [2.05, 4.69) is 0 Å². The van der Waals surface area contributed by atoms with Crippen molar-refractivity contribution in [3.8, 4) is 0 Å². The van der Waals surface area contributed by atoms with Gasteiger partial charge in [0.05, 0.1) is 0 Å². The smallest absolute Gasteiger partial charge is 0.220 e. The quantitative estimate of drug-likeness (QED) is 0.747. The van der Waals surface area contributed by atoms with Gasteiger partial charge in [-0.3, -0.25) is 4.79 Å². The largest absolute Gasteiger partial charge is 0.504 e. The SMILES string of the molecule is CN1C=CC(=C/C=C2\C=CC(=O)C(O)=C2)C=C1. The van der Waals surface area contributed by atoms with Gasteiger partial charge in [0.2, 0.25) is 5.78 Å². The molecule has 1 aliphatic heterocycles. The number of hydrogen-bond donors (Lipinski definition) is 1. The Morgan fingerprint density at radius 2 is 1.71 bits per heavy atom. The second-order valence-corrected chi connectivity index (χ2v) is 3.86. The first-order valence-corrected chi connectivity index (χ1v) is 5.28. The molecule has 2 aliphatic rings. The molecule has 0 radical (unpaired) electrons. The summed E-state index contributed by atoms with van der Waals surface area (Å²) in [7, 11) is 1.96. The molecule has 0 amide bonds. The molecule has 17 heavy (non-hydrogen) atoms. The summed E-state index contributed by atoms with van der Waals surface area (Å²) in [6.45, 7) is 0. The van der Waals surface area contributed by atoms with Gasteiger partial charge in [-0.1, -0.05) is 18.2 Å². The summed E-state index contributed by atoms with van der Waals surface area (Å²) < 4.78 is 0. The van der Waals surface area contributed by atoms with Crippen LogP contribution in [0.25, 0.3) is 0 Å². The monoisotopic (exact) mass is 227 g/mol. The first-order chi connectivity index (χ1) is 8.15. The molecule has 0 saturated heterocycles. The molecule has 1 N–H and O–H groups in total. The average Bonchev–Trinajstić information content (AvgIpc) is 2.33. The Hall–Kier alpha value is -2.29. The zero-order chi connectivity index (χ0) is 12.3. The van der Waals surface area contributed by atoms with Gasteiger partial charge in [-0.15, -0.1) is 0 Å². The van der Waals surface area contributed by atoms with Crippen molar-refractivity contribution in [1.82, 2.24) is 4.90 Å². The van der Waals surface area contributed by atoms with Crippen LogP contribution in [-0.4, -0.2) is 22.8 Å². The van der Waals surface area contributed by atoms with Crippen molar-refractivity contribution in [3.63, 3.8) is 0 Å². The lowest BCUT2D eigenvalue weighted by Gasteiger charge is -2.11. The molecule has 0 atom stereocenters. The zero-order valence-corrected chi connectivity index (χ0v) is 9.50. The van der Waals surface area contributed by atoms with Gasteiger partial charge in [-0.05, 0) is 35.5 Å². The van der Waals surface area contributed by atoms with Crippen molar-refractivity contribution in [2.75, 3.05) is 7.05 Å². The Kier molecular flexibility index (Phi) is 3.10. The number of aliphatic hydroxyl groups excluding tert-OH is 1. The minimum atomic E-state index is -0.353. The molecule has 0 unspecified atom stereocenters. The topological polar surface area (TPSA) is 40.5 Å². The highest BCUT2D eigenvalue weighted by Gasteiger charge is 2.08. The molecule has 0 spiro atoms. The maximum Gasteiger partial charge on any atom is 0.220 e. The van der Waals surface area contributed by atoms with Crippen molar-refractivity contribution in [3.05, 3.63) is 71.8 Å². The number of rotatable bonds is 1. The summed E-state index contributed by atoms with van der Waals surface area (Å²) in [5.41, 5.74) is 1.86. The predicted octanol–water partition coefficient (Wildman–Crippen LogP) is 2.39. The number of allylic oxidation sites excluding steroid dienone is 9. The summed E-state index contributed by atoms with van der Waals surface area (Å²) in [5, 5.41) is 9.28. The van der Waals surface area contributed by atoms with Crippen molar-refractivity contribution in [1.29, 1.82) is 0 Å². The fourth-order valence-electron chi connectivity index (χ4n) is 1.45. The van der Waals surface area contributed by atoms with Crippen LogP contribution in [0, 0.1) is 0 Å². The Morgan fingerprint density at radius 3 is 2.35 bits per heavy atom. The molecule has 0 aromatic rings. The van der Waals surface area contributed by atoms with E-state index in [-0.39, 0.29) is 11.5 Å². The summed E-state index contributed by atoms with van der Waals surface area (Å²) in [4.78, 5) is 13.0. The molecule has 0 aromatic heterocycles. The molecule has 0 saturated carbocycles. The van der Waals surface area contributed by atoms with E-state index in [9.17, 15) is 9.90 Å². The van der Waals surface area contributed by atoms with Gasteiger partial charge >= 0.3 is 0 Å². The minimum Gasteiger partial charge on any atom is -0.504 e. The third-order valence-corrected chi connectivity index (χ3v) is 2.46. The van der Waals surface area contributed by atoms with Gasteiger partial charge in [0.25, 0.3) is 0 Å². The molecule has 0 fully saturated rings. The lowest BCUT2D eigenvalue weighted by molar-refractivity contribution is -0.113. The average molecular weight is 227 g/mol. The van der Waals surface area contributed by atoms with Crippen LogP contribution in [0.1, 0.15) is 0 Å². The third kappa shape index (κ3) is 2.84. The fraction of sp³-hybridized carbons (Fsp3) is 0.0714. The van der Waals surface area contributed by atoms with Crippen molar-refractivity contribution in [2.24, 2.45) is 0 Å². The molecule has 1 heterocycles. The maximum atomic E-state index is 11.0. The molecule has 1 aliphatic carbocycles. The lowest BCUT2D eigenvalue weighted by atomic mass is 10.1. The van der Waals surface area contributed by atoms with Crippen molar-refractivity contribution >= 4 is 5.78 Å². The van der Waals surface area contributed by atoms with E-state index in [1.54, 1.807) is 6.08 Å². The lowest BCUT2D eigenvalue weighted by Crippen LogP contribution is -2.03. The number of aliphatic hydroxyl groups is 1. The van der Waals surface area contributed by atoms with Crippen LogP contribution in [0.3, 0.4) is 0 Å². The van der Waals surface area contributed by atoms with Crippen LogP contribution in [0.5, 0.6) is 0 Å². The van der Waals surface area contributed by atoms with Crippen molar-refractivity contribution < 1.29 is 9.90 Å². The highest BCUT2D eigenvalue weighted by molar-refractivity contribution is 6.04. The molecule has 3 heteroatoms. The van der Waals surface area contributed by atoms with E-state index < -0.39 is 0 Å². The summed E-state index contributed by atoms with van der Waals surface area (Å²) in [5.74, 6) is -0.569. The van der Waals surface area contributed by atoms with E-state index in [4.69, 9.17) is 0 Å². The summed E-state index contributed by atoms with van der Waals surface area (Å²) in [6, 6.07) is 0. The first kappa shape index (κ1) is 11.2. The molecule has 0 bridgehead atoms. The van der Waals surface area contributed by atoms with Gasteiger partial charge in [-0.25, -0.2) is 0 Å². The van der Waals surface area contributed by atoms with Crippen LogP contribution in [-0.2, 0) is 4.79 Å². The zero-order valence-electron chi connectivity index (χ0n) is 9.50. The number of ketones is 1. The highest BCUT2D eigenvalue weighted by atomic mass is 16.3. The van der Waals surface area contributed by atoms with Crippen LogP contribution >= 0.6 is 0 Å². The van der Waals surface area contributed by atoms with Gasteiger partial charge in [0, 0.05) is 19.4 Å². The van der Waals surface area contributed by atoms with Gasteiger partial charge in [0.15, 0.2) is 5.76 Å². The number of nitrogens with zero attached hydrogens (tertiary/aromatic N) is 1. The molecule has 0 aromatic carbocycles. The Bertz CT molecular complexity index is 500. The summed E-state index contributed by atoms with van der Waals surface area (Å²) in [6.07, 6.45) is 16.2. The highest BCUT2D eigenvalue weighted by Crippen LogP contribution is 2.13. The van der Waals surface area contributed by atoms with Crippen molar-refractivity contribution in [2.45, 2.75) is 0 Å². The van der Waals surface area contributed by atoms with Gasteiger partial charge in [0.1, 0.15) is 0 Å². The molecule has 3 nitrogen and oxygen atoms in total. The normalized spacial score (nSPS) is 21.1. The number of carbonyl (C=O) groups is 1. The van der Waals surface area contributed by atoms with E-state index in [0.29, 0.717) is 0 Å². The predicted molar refractivity (Wildman–Crippen MR) is 67.1 cm³/mol. The molecule has 2 rings (SSSR count). The second-order valence-electron chi connectivity index (χ2n) is 3.86. The van der Waals surface area contributed by atoms with Crippen LogP contribution in [0.15, 0.2) is 71.8 Å². The third-order valence-electron chi connectivity index (χ3n) is 2.46. The second kappa shape index (κ2) is 4.70. The Labute approximate surface area is 100 Å². The fourth-order valence-corrected chi connectivity index (χ4v) is 1.45. The van der Waals surface area contributed by atoms with Crippen LogP contribution in [0.2, 0.25) is 0 Å². The minimum absolute atomic E-state index is 0.216. The first-order valence-electron chi connectivity index (χ1n) is 5.28. The van der Waals surface area contributed by atoms with E-state index in [0.717, 1.165) is 11.1 Å². The Morgan fingerprint density at radius 1 is 1.06 bits per heavy atom. The standard InChI is InChI=1S/C14H13NO2/c1-15-8-6-11(7-9-15)2-3-12-4-5-13(16)14(17)10-12/h2-10,17H,1H3/b12-3+. The van der Waals surface area contributed by atoms with Gasteiger partial charge < -0.3 is 10.0 Å². The van der Waals surface area contributed by atoms with E-state index in [1.165, 1.54) is 12.2 Å². The Balaban J connectivity index is 2.15. The maximum absolute atomic E-state index is 11.0. The number of hydrogen-bond acceptors (Lipinski definition) is 3. The van der Waals surface area contributed by atoms with Gasteiger partial charge in [-0.2, -0.15) is 0 Å². The van der Waals surface area contributed by atoms with E-state index in [1.807, 2.05) is 48.7 Å². The van der Waals surface area contributed by atoms with Crippen LogP contribution in [0.4, 0.5) is 0 Å². The molecule has 86 valence electrons. The molecular weight excluding hydrogens is 214 g/mol. The molecular formula is C14H13NO2. The van der Waals surface area contributed by atoms with Crippen LogP contribution < -0.4 is 0 Å². The summed E-state index contributed by atoms with van der Waals surface area (Å²) >= 11 is 0.